The van der Waals surface area contributed by atoms with Crippen molar-refractivity contribution in [2.45, 2.75) is 20.8 Å². The van der Waals surface area contributed by atoms with E-state index in [4.69, 9.17) is 5.11 Å². The molecule has 0 bridgehead atoms. The van der Waals surface area contributed by atoms with Crippen molar-refractivity contribution in [1.82, 2.24) is 0 Å². The molecular weight excluding hydrogens is 546 g/mol. The lowest BCUT2D eigenvalue weighted by atomic mass is 10.1. The summed E-state index contributed by atoms with van der Waals surface area (Å²) in [5, 5.41) is 14.3. The molecule has 0 unspecified atom stereocenters. The lowest BCUT2D eigenvalue weighted by Crippen LogP contribution is -2.15. The topological polar surface area (TPSA) is 133 Å². The number of benzene rings is 4. The van der Waals surface area contributed by atoms with E-state index in [1.165, 1.54) is 38.1 Å². The van der Waals surface area contributed by atoms with E-state index in [0.29, 0.717) is 33.6 Å². The van der Waals surface area contributed by atoms with E-state index in [0.717, 1.165) is 11.3 Å². The summed E-state index contributed by atoms with van der Waals surface area (Å²) >= 11 is 0. The number of carbonyl (C=O) groups is 5. The third-order valence-electron chi connectivity index (χ3n) is 6.46. The van der Waals surface area contributed by atoms with Gasteiger partial charge in [0.1, 0.15) is 0 Å². The van der Waals surface area contributed by atoms with Crippen LogP contribution in [0.2, 0.25) is 0 Å². The molecule has 0 aliphatic heterocycles. The van der Waals surface area contributed by atoms with Gasteiger partial charge in [-0.05, 0) is 80.9 Å². The number of carboxylic acid groups (broad SMARTS) is 1. The summed E-state index contributed by atoms with van der Waals surface area (Å²) in [4.78, 5) is 59.8. The highest BCUT2D eigenvalue weighted by Gasteiger charge is 2.12. The van der Waals surface area contributed by atoms with Crippen molar-refractivity contribution in [3.05, 3.63) is 124 Å². The van der Waals surface area contributed by atoms with Gasteiger partial charge in [-0.1, -0.05) is 36.4 Å². The van der Waals surface area contributed by atoms with Gasteiger partial charge >= 0.3 is 5.97 Å². The molecule has 0 atom stereocenters. The van der Waals surface area contributed by atoms with Gasteiger partial charge in [0, 0.05) is 53.4 Å². The molecule has 0 saturated heterocycles. The highest BCUT2D eigenvalue weighted by atomic mass is 16.4. The SMILES string of the molecule is CC(=O)c1ccc(C(=O)Nc2cc(NC(=O)c3cccc(N(C)C)c3)ccc2C)cc1.CC(=O)c1ccc(C(=O)O)cc1. The molecule has 9 nitrogen and oxygen atoms in total. The van der Waals surface area contributed by atoms with Gasteiger partial charge in [0.2, 0.25) is 0 Å². The first-order valence-corrected chi connectivity index (χ1v) is 13.3. The average Bonchev–Trinajstić information content (AvgIpc) is 2.99. The molecule has 4 aromatic rings. The summed E-state index contributed by atoms with van der Waals surface area (Å²) in [6, 6.07) is 25.0. The minimum absolute atomic E-state index is 0.0534. The number of rotatable bonds is 8. The molecule has 0 aromatic heterocycles. The highest BCUT2D eigenvalue weighted by molar-refractivity contribution is 6.07. The zero-order valence-electron chi connectivity index (χ0n) is 24.6. The standard InChI is InChI=1S/C25H25N3O3.C9H8O3/c1-16-8-13-21(26-25(31)20-6-5-7-22(14-20)28(3)4)15-23(16)27-24(30)19-11-9-18(10-12-19)17(2)29;1-6(10)7-2-4-8(5-3-7)9(11)12/h5-15H,1-4H3,(H,26,31)(H,27,30);2-5H,1H3,(H,11,12). The van der Waals surface area contributed by atoms with Crippen molar-refractivity contribution in [3.63, 3.8) is 0 Å². The summed E-state index contributed by atoms with van der Waals surface area (Å²) in [5.41, 5.74) is 5.23. The molecule has 2 amide bonds. The third kappa shape index (κ3) is 8.96. The predicted molar refractivity (Wildman–Crippen MR) is 168 cm³/mol. The number of aromatic carboxylic acids is 1. The Morgan fingerprint density at radius 1 is 0.605 bits per heavy atom. The second-order valence-corrected chi connectivity index (χ2v) is 9.95. The van der Waals surface area contributed by atoms with Gasteiger partial charge < -0.3 is 20.6 Å². The third-order valence-corrected chi connectivity index (χ3v) is 6.46. The number of ketones is 2. The largest absolute Gasteiger partial charge is 0.478 e. The zero-order chi connectivity index (χ0) is 31.7. The fraction of sp³-hybridized carbons (Fsp3) is 0.147. The molecule has 0 aliphatic rings. The molecule has 0 radical (unpaired) electrons. The van der Waals surface area contributed by atoms with Gasteiger partial charge in [-0.15, -0.1) is 0 Å². The number of aryl methyl sites for hydroxylation is 1. The quantitative estimate of drug-likeness (QED) is 0.207. The van der Waals surface area contributed by atoms with E-state index in [-0.39, 0.29) is 28.9 Å². The Bertz CT molecular complexity index is 1630. The Kier molecular flexibility index (Phi) is 10.7. The van der Waals surface area contributed by atoms with Crippen LogP contribution in [0.1, 0.15) is 71.2 Å². The molecule has 0 saturated carbocycles. The van der Waals surface area contributed by atoms with Crippen LogP contribution in [0.25, 0.3) is 0 Å². The van der Waals surface area contributed by atoms with Crippen LogP contribution < -0.4 is 15.5 Å². The van der Waals surface area contributed by atoms with Crippen LogP contribution >= 0.6 is 0 Å². The first kappa shape index (κ1) is 32.0. The van der Waals surface area contributed by atoms with Crippen LogP contribution in [0.3, 0.4) is 0 Å². The molecule has 0 fully saturated rings. The van der Waals surface area contributed by atoms with Gasteiger partial charge in [-0.3, -0.25) is 19.2 Å². The van der Waals surface area contributed by atoms with Crippen LogP contribution in [0.4, 0.5) is 17.1 Å². The molecule has 0 aliphatic carbocycles. The van der Waals surface area contributed by atoms with Crippen LogP contribution in [0, 0.1) is 6.92 Å². The monoisotopic (exact) mass is 579 g/mol. The molecule has 220 valence electrons. The Labute approximate surface area is 250 Å². The maximum Gasteiger partial charge on any atom is 0.335 e. The number of hydrogen-bond donors (Lipinski definition) is 3. The average molecular weight is 580 g/mol. The molecule has 9 heteroatoms. The molecule has 0 spiro atoms. The van der Waals surface area contributed by atoms with Crippen LogP contribution in [-0.4, -0.2) is 48.6 Å². The van der Waals surface area contributed by atoms with Crippen molar-refractivity contribution in [3.8, 4) is 0 Å². The van der Waals surface area contributed by atoms with Gasteiger partial charge in [-0.2, -0.15) is 0 Å². The smallest absolute Gasteiger partial charge is 0.335 e. The summed E-state index contributed by atoms with van der Waals surface area (Å²) in [6.07, 6.45) is 0. The number of hydrogen-bond acceptors (Lipinski definition) is 6. The summed E-state index contributed by atoms with van der Waals surface area (Å²) in [6.45, 7) is 4.80. The molecular formula is C34H33N3O6. The molecule has 3 N–H and O–H groups in total. The fourth-order valence-electron chi connectivity index (χ4n) is 3.86. The fourth-order valence-corrected chi connectivity index (χ4v) is 3.86. The maximum atomic E-state index is 12.7. The number of carbonyl (C=O) groups excluding carboxylic acids is 4. The molecule has 0 heterocycles. The lowest BCUT2D eigenvalue weighted by Gasteiger charge is -2.14. The number of anilines is 3. The number of carboxylic acids is 1. The van der Waals surface area contributed by atoms with Crippen molar-refractivity contribution >= 4 is 46.4 Å². The van der Waals surface area contributed by atoms with Gasteiger partial charge in [0.05, 0.1) is 5.56 Å². The Morgan fingerprint density at radius 3 is 1.63 bits per heavy atom. The Balaban J connectivity index is 0.000000353. The van der Waals surface area contributed by atoms with E-state index in [9.17, 15) is 24.0 Å². The lowest BCUT2D eigenvalue weighted by molar-refractivity contribution is 0.0695. The number of Topliss-reactive ketones (excluding diaryl/α,β-unsaturated/α-hetero) is 2. The van der Waals surface area contributed by atoms with Gasteiger partial charge in [0.15, 0.2) is 11.6 Å². The van der Waals surface area contributed by atoms with E-state index < -0.39 is 5.97 Å². The minimum Gasteiger partial charge on any atom is -0.478 e. The van der Waals surface area contributed by atoms with E-state index >= 15 is 0 Å². The zero-order valence-corrected chi connectivity index (χ0v) is 24.6. The maximum absolute atomic E-state index is 12.7. The van der Waals surface area contributed by atoms with Crippen molar-refractivity contribution in [1.29, 1.82) is 0 Å². The van der Waals surface area contributed by atoms with Crippen molar-refractivity contribution < 1.29 is 29.1 Å². The predicted octanol–water partition coefficient (Wildman–Crippen LogP) is 6.36. The first-order valence-electron chi connectivity index (χ1n) is 13.3. The number of nitrogens with zero attached hydrogens (tertiary/aromatic N) is 1. The Hall–Kier alpha value is -5.57. The summed E-state index contributed by atoms with van der Waals surface area (Å²) in [5.74, 6) is -1.62. The second kappa shape index (κ2) is 14.4. The van der Waals surface area contributed by atoms with Crippen LogP contribution in [0.15, 0.2) is 91.0 Å². The molecule has 4 rings (SSSR count). The van der Waals surface area contributed by atoms with Gasteiger partial charge in [0.25, 0.3) is 11.8 Å². The Morgan fingerprint density at radius 2 is 1.12 bits per heavy atom. The highest BCUT2D eigenvalue weighted by Crippen LogP contribution is 2.22. The first-order chi connectivity index (χ1) is 20.3. The van der Waals surface area contributed by atoms with Crippen LogP contribution in [0.5, 0.6) is 0 Å². The minimum atomic E-state index is -0.981. The molecule has 43 heavy (non-hydrogen) atoms. The van der Waals surface area contributed by atoms with Crippen molar-refractivity contribution in [2.24, 2.45) is 0 Å². The second-order valence-electron chi connectivity index (χ2n) is 9.95. The van der Waals surface area contributed by atoms with E-state index in [1.54, 1.807) is 42.5 Å². The summed E-state index contributed by atoms with van der Waals surface area (Å²) in [7, 11) is 3.83. The number of amides is 2. The van der Waals surface area contributed by atoms with Crippen LogP contribution in [-0.2, 0) is 0 Å². The summed E-state index contributed by atoms with van der Waals surface area (Å²) < 4.78 is 0. The normalized spacial score (nSPS) is 10.1. The van der Waals surface area contributed by atoms with Crippen molar-refractivity contribution in [2.75, 3.05) is 29.6 Å². The van der Waals surface area contributed by atoms with Gasteiger partial charge in [-0.25, -0.2) is 4.79 Å². The molecule has 4 aromatic carbocycles. The number of nitrogens with one attached hydrogen (secondary N) is 2. The van der Waals surface area contributed by atoms with E-state index in [2.05, 4.69) is 10.6 Å². The van der Waals surface area contributed by atoms with E-state index in [1.807, 2.05) is 50.2 Å².